The summed E-state index contributed by atoms with van der Waals surface area (Å²) in [5.41, 5.74) is 0.489. The standard InChI is InChI=1S/C17H18N2O5S/c1-9-12-14(18-11-5-3-2-4-7-19(11)15(12)20)25-13(9)17(22)24-10-6-8-23-16(10)21/h10H,2-8H2,1H3/t10-/m1/s1. The van der Waals surface area contributed by atoms with Crippen LogP contribution in [-0.2, 0) is 27.2 Å². The van der Waals surface area contributed by atoms with Gasteiger partial charge in [-0.3, -0.25) is 9.36 Å². The average Bonchev–Trinajstić information content (AvgIpc) is 3.02. The first-order valence-corrected chi connectivity index (χ1v) is 9.28. The summed E-state index contributed by atoms with van der Waals surface area (Å²) in [5, 5.41) is 0.483. The summed E-state index contributed by atoms with van der Waals surface area (Å²) >= 11 is 1.16. The van der Waals surface area contributed by atoms with Gasteiger partial charge in [-0.15, -0.1) is 11.3 Å². The van der Waals surface area contributed by atoms with Gasteiger partial charge in [0.15, 0.2) is 0 Å². The van der Waals surface area contributed by atoms with E-state index in [0.29, 0.717) is 33.6 Å². The predicted molar refractivity (Wildman–Crippen MR) is 91.0 cm³/mol. The van der Waals surface area contributed by atoms with Gasteiger partial charge in [0.1, 0.15) is 15.5 Å². The van der Waals surface area contributed by atoms with Crippen LogP contribution in [0.15, 0.2) is 4.79 Å². The highest BCUT2D eigenvalue weighted by Gasteiger charge is 2.32. The molecule has 2 aromatic heterocycles. The zero-order valence-electron chi connectivity index (χ0n) is 13.9. The number of hydrogen-bond acceptors (Lipinski definition) is 7. The number of fused-ring (bicyclic) bond motifs is 2. The molecular formula is C17H18N2O5S. The number of cyclic esters (lactones) is 1. The molecule has 0 spiro atoms. The first-order valence-electron chi connectivity index (χ1n) is 8.46. The van der Waals surface area contributed by atoms with Crippen LogP contribution in [-0.4, -0.2) is 34.2 Å². The van der Waals surface area contributed by atoms with Crippen molar-refractivity contribution in [3.05, 3.63) is 26.6 Å². The predicted octanol–water partition coefficient (Wildman–Crippen LogP) is 1.97. The van der Waals surface area contributed by atoms with Crippen LogP contribution in [0.1, 0.15) is 46.7 Å². The highest BCUT2D eigenvalue weighted by atomic mass is 32.1. The van der Waals surface area contributed by atoms with Crippen LogP contribution in [0.3, 0.4) is 0 Å². The molecule has 8 heteroatoms. The summed E-state index contributed by atoms with van der Waals surface area (Å²) < 4.78 is 11.8. The Morgan fingerprint density at radius 1 is 1.32 bits per heavy atom. The van der Waals surface area contributed by atoms with E-state index < -0.39 is 18.0 Å². The third-order valence-corrected chi connectivity index (χ3v) is 5.90. The van der Waals surface area contributed by atoms with Crippen molar-refractivity contribution in [1.29, 1.82) is 0 Å². The molecular weight excluding hydrogens is 344 g/mol. The zero-order valence-corrected chi connectivity index (χ0v) is 14.7. The molecule has 0 amide bonds. The molecule has 4 heterocycles. The van der Waals surface area contributed by atoms with Crippen LogP contribution >= 0.6 is 11.3 Å². The third-order valence-electron chi connectivity index (χ3n) is 4.73. The van der Waals surface area contributed by atoms with E-state index in [1.54, 1.807) is 11.5 Å². The molecule has 1 atom stereocenters. The number of thiophene rings is 1. The van der Waals surface area contributed by atoms with E-state index >= 15 is 0 Å². The van der Waals surface area contributed by atoms with Crippen molar-refractivity contribution >= 4 is 33.5 Å². The van der Waals surface area contributed by atoms with Crippen molar-refractivity contribution in [2.24, 2.45) is 0 Å². The van der Waals surface area contributed by atoms with E-state index in [9.17, 15) is 14.4 Å². The lowest BCUT2D eigenvalue weighted by atomic mass is 10.2. The van der Waals surface area contributed by atoms with Gasteiger partial charge in [-0.25, -0.2) is 14.6 Å². The van der Waals surface area contributed by atoms with Crippen LogP contribution in [0.4, 0.5) is 0 Å². The van der Waals surface area contributed by atoms with Crippen molar-refractivity contribution in [3.63, 3.8) is 0 Å². The number of nitrogens with zero attached hydrogens (tertiary/aromatic N) is 2. The number of carbonyl (C=O) groups is 2. The van der Waals surface area contributed by atoms with Crippen molar-refractivity contribution in [3.8, 4) is 0 Å². The van der Waals surface area contributed by atoms with Crippen molar-refractivity contribution in [2.75, 3.05) is 6.61 Å². The summed E-state index contributed by atoms with van der Waals surface area (Å²) in [4.78, 5) is 42.4. The molecule has 132 valence electrons. The second-order valence-electron chi connectivity index (χ2n) is 6.38. The molecule has 2 aliphatic rings. The van der Waals surface area contributed by atoms with Crippen LogP contribution in [0, 0.1) is 6.92 Å². The van der Waals surface area contributed by atoms with Gasteiger partial charge in [0.05, 0.1) is 12.0 Å². The molecule has 0 N–H and O–H groups in total. The Morgan fingerprint density at radius 3 is 2.92 bits per heavy atom. The maximum absolute atomic E-state index is 12.9. The number of esters is 2. The van der Waals surface area contributed by atoms with Gasteiger partial charge in [-0.1, -0.05) is 6.42 Å². The fourth-order valence-corrected chi connectivity index (χ4v) is 4.45. The molecule has 4 rings (SSSR count). The lowest BCUT2D eigenvalue weighted by Gasteiger charge is -2.08. The average molecular weight is 362 g/mol. The number of carbonyl (C=O) groups excluding carboxylic acids is 2. The molecule has 2 aromatic rings. The Kier molecular flexibility index (Phi) is 4.07. The van der Waals surface area contributed by atoms with Crippen LogP contribution in [0.2, 0.25) is 0 Å². The maximum atomic E-state index is 12.9. The highest BCUT2D eigenvalue weighted by Crippen LogP contribution is 2.29. The monoisotopic (exact) mass is 362 g/mol. The van der Waals surface area contributed by atoms with E-state index in [2.05, 4.69) is 4.98 Å². The maximum Gasteiger partial charge on any atom is 0.349 e. The minimum Gasteiger partial charge on any atom is -0.463 e. The van der Waals surface area contributed by atoms with Crippen LogP contribution in [0.5, 0.6) is 0 Å². The first-order chi connectivity index (χ1) is 12.1. The third kappa shape index (κ3) is 2.74. The fraction of sp³-hybridized carbons (Fsp3) is 0.529. The van der Waals surface area contributed by atoms with E-state index in [1.165, 1.54) is 0 Å². The summed E-state index contributed by atoms with van der Waals surface area (Å²) in [5.74, 6) is -0.323. The van der Waals surface area contributed by atoms with Gasteiger partial charge in [-0.05, 0) is 25.3 Å². The normalized spacial score (nSPS) is 20.2. The van der Waals surface area contributed by atoms with Crippen LogP contribution < -0.4 is 5.56 Å². The fourth-order valence-electron chi connectivity index (χ4n) is 3.37. The SMILES string of the molecule is Cc1c(C(=O)O[C@@H]2CCOC2=O)sc2nc3n(c(=O)c12)CCCCC3. The number of rotatable bonds is 2. The summed E-state index contributed by atoms with van der Waals surface area (Å²) in [6.07, 6.45) is 3.34. The van der Waals surface area contributed by atoms with Gasteiger partial charge in [-0.2, -0.15) is 0 Å². The van der Waals surface area contributed by atoms with Crippen molar-refractivity contribution in [2.45, 2.75) is 51.7 Å². The van der Waals surface area contributed by atoms with Gasteiger partial charge in [0.2, 0.25) is 6.10 Å². The largest absolute Gasteiger partial charge is 0.463 e. The number of hydrogen-bond donors (Lipinski definition) is 0. The molecule has 2 aliphatic heterocycles. The molecule has 0 saturated carbocycles. The van der Waals surface area contributed by atoms with Crippen molar-refractivity contribution < 1.29 is 19.1 Å². The smallest absolute Gasteiger partial charge is 0.349 e. The van der Waals surface area contributed by atoms with Gasteiger partial charge < -0.3 is 9.47 Å². The minimum absolute atomic E-state index is 0.0880. The molecule has 0 bridgehead atoms. The summed E-state index contributed by atoms with van der Waals surface area (Å²) in [7, 11) is 0. The molecule has 1 saturated heterocycles. The Bertz CT molecular complexity index is 929. The second kappa shape index (κ2) is 6.25. The van der Waals surface area contributed by atoms with E-state index in [0.717, 1.165) is 42.8 Å². The lowest BCUT2D eigenvalue weighted by molar-refractivity contribution is -0.145. The Morgan fingerprint density at radius 2 is 2.16 bits per heavy atom. The Labute approximate surface area is 147 Å². The molecule has 1 fully saturated rings. The molecule has 0 aliphatic carbocycles. The van der Waals surface area contributed by atoms with E-state index in [-0.39, 0.29) is 12.2 Å². The molecule has 25 heavy (non-hydrogen) atoms. The second-order valence-corrected chi connectivity index (χ2v) is 7.38. The van der Waals surface area contributed by atoms with Gasteiger partial charge in [0.25, 0.3) is 5.56 Å². The topological polar surface area (TPSA) is 87.5 Å². The van der Waals surface area contributed by atoms with Gasteiger partial charge >= 0.3 is 11.9 Å². The number of ether oxygens (including phenoxy) is 2. The van der Waals surface area contributed by atoms with Gasteiger partial charge in [0, 0.05) is 19.4 Å². The highest BCUT2D eigenvalue weighted by molar-refractivity contribution is 7.20. The van der Waals surface area contributed by atoms with E-state index in [1.807, 2.05) is 0 Å². The van der Waals surface area contributed by atoms with E-state index in [4.69, 9.17) is 9.47 Å². The Hall–Kier alpha value is -2.22. The number of aromatic nitrogens is 2. The number of aryl methyl sites for hydroxylation is 2. The quantitative estimate of drug-likeness (QED) is 0.759. The molecule has 0 unspecified atom stereocenters. The minimum atomic E-state index is -0.858. The van der Waals surface area contributed by atoms with Crippen molar-refractivity contribution in [1.82, 2.24) is 9.55 Å². The molecule has 0 radical (unpaired) electrons. The summed E-state index contributed by atoms with van der Waals surface area (Å²) in [6, 6.07) is 0. The lowest BCUT2D eigenvalue weighted by Crippen LogP contribution is -2.24. The molecule has 7 nitrogen and oxygen atoms in total. The summed E-state index contributed by atoms with van der Waals surface area (Å²) in [6.45, 7) is 2.66. The zero-order chi connectivity index (χ0) is 17.6. The van der Waals surface area contributed by atoms with Crippen LogP contribution in [0.25, 0.3) is 10.2 Å². The first kappa shape index (κ1) is 16.3. The Balaban J connectivity index is 1.75. The molecule has 0 aromatic carbocycles.